The summed E-state index contributed by atoms with van der Waals surface area (Å²) in [6.07, 6.45) is 9.18. The molecular weight excluding hydrogens is 322 g/mol. The number of nitrogens with one attached hydrogen (secondary N) is 1. The maximum absolute atomic E-state index is 12.5. The lowest BCUT2D eigenvalue weighted by atomic mass is 9.97. The molecule has 2 aromatic rings. The molecule has 1 aliphatic rings. The van der Waals surface area contributed by atoms with Gasteiger partial charge >= 0.3 is 5.69 Å². The van der Waals surface area contributed by atoms with Crippen molar-refractivity contribution >= 4 is 17.1 Å². The number of amides is 1. The number of hydrogen-bond donors (Lipinski definition) is 1. The van der Waals surface area contributed by atoms with E-state index < -0.39 is 11.2 Å². The van der Waals surface area contributed by atoms with Gasteiger partial charge in [0.1, 0.15) is 6.54 Å². The highest BCUT2D eigenvalue weighted by molar-refractivity contribution is 5.76. The van der Waals surface area contributed by atoms with Crippen molar-refractivity contribution in [3.05, 3.63) is 38.8 Å². The van der Waals surface area contributed by atoms with Gasteiger partial charge in [-0.05, 0) is 32.1 Å². The molecule has 8 nitrogen and oxygen atoms in total. The van der Waals surface area contributed by atoms with E-state index >= 15 is 0 Å². The molecule has 0 spiro atoms. The van der Waals surface area contributed by atoms with Crippen LogP contribution in [0.4, 0.5) is 0 Å². The van der Waals surface area contributed by atoms with Gasteiger partial charge in [-0.15, -0.1) is 0 Å². The van der Waals surface area contributed by atoms with Gasteiger partial charge in [-0.1, -0.05) is 11.6 Å². The van der Waals surface area contributed by atoms with Crippen LogP contribution in [-0.4, -0.2) is 31.1 Å². The van der Waals surface area contributed by atoms with Gasteiger partial charge in [0.2, 0.25) is 5.91 Å². The molecule has 8 heteroatoms. The van der Waals surface area contributed by atoms with Crippen molar-refractivity contribution in [2.24, 2.45) is 14.1 Å². The molecule has 0 aliphatic heterocycles. The topological polar surface area (TPSA) is 90.9 Å². The maximum atomic E-state index is 12.5. The predicted octanol–water partition coefficient (Wildman–Crippen LogP) is 0.440. The Bertz CT molecular complexity index is 948. The fourth-order valence-corrected chi connectivity index (χ4v) is 3.23. The number of nitrogens with zero attached hydrogens (tertiary/aromatic N) is 4. The molecule has 0 aromatic carbocycles. The highest BCUT2D eigenvalue weighted by Gasteiger charge is 2.16. The van der Waals surface area contributed by atoms with E-state index in [1.54, 1.807) is 18.7 Å². The summed E-state index contributed by atoms with van der Waals surface area (Å²) >= 11 is 0. The number of imidazole rings is 1. The second kappa shape index (κ2) is 7.08. The molecule has 0 atom stereocenters. The Morgan fingerprint density at radius 1 is 1.28 bits per heavy atom. The van der Waals surface area contributed by atoms with Gasteiger partial charge in [0.05, 0.1) is 6.33 Å². The first-order chi connectivity index (χ1) is 12.0. The van der Waals surface area contributed by atoms with Crippen LogP contribution in [0.15, 0.2) is 27.6 Å². The smallest absolute Gasteiger partial charge is 0.332 e. The van der Waals surface area contributed by atoms with E-state index in [9.17, 15) is 14.4 Å². The van der Waals surface area contributed by atoms with E-state index in [0.717, 1.165) is 23.8 Å². The molecule has 1 amide bonds. The first-order valence-electron chi connectivity index (χ1n) is 8.54. The van der Waals surface area contributed by atoms with E-state index in [4.69, 9.17) is 0 Å². The number of fused-ring (bicyclic) bond motifs is 1. The predicted molar refractivity (Wildman–Crippen MR) is 94.4 cm³/mol. The molecule has 0 radical (unpaired) electrons. The first-order valence-corrected chi connectivity index (χ1v) is 8.54. The number of aryl methyl sites for hydroxylation is 2. The second-order valence-electron chi connectivity index (χ2n) is 6.47. The molecule has 0 saturated heterocycles. The average Bonchev–Trinajstić information content (AvgIpc) is 3.00. The Morgan fingerprint density at radius 3 is 2.80 bits per heavy atom. The van der Waals surface area contributed by atoms with Gasteiger partial charge in [-0.2, -0.15) is 0 Å². The molecule has 2 aromatic heterocycles. The van der Waals surface area contributed by atoms with Crippen LogP contribution in [0, 0.1) is 0 Å². The highest BCUT2D eigenvalue weighted by atomic mass is 16.2. The molecule has 25 heavy (non-hydrogen) atoms. The van der Waals surface area contributed by atoms with Gasteiger partial charge in [0.15, 0.2) is 11.2 Å². The monoisotopic (exact) mass is 345 g/mol. The second-order valence-corrected chi connectivity index (χ2v) is 6.47. The summed E-state index contributed by atoms with van der Waals surface area (Å²) < 4.78 is 3.80. The van der Waals surface area contributed by atoms with Crippen LogP contribution in [0.25, 0.3) is 11.2 Å². The van der Waals surface area contributed by atoms with Gasteiger partial charge in [-0.3, -0.25) is 14.2 Å². The molecule has 0 fully saturated rings. The van der Waals surface area contributed by atoms with E-state index in [0.29, 0.717) is 17.7 Å². The van der Waals surface area contributed by atoms with E-state index in [1.807, 2.05) is 0 Å². The Labute approximate surface area is 144 Å². The van der Waals surface area contributed by atoms with Crippen LogP contribution >= 0.6 is 0 Å². The quantitative estimate of drug-likeness (QED) is 0.796. The van der Waals surface area contributed by atoms with Gasteiger partial charge in [-0.25, -0.2) is 14.3 Å². The van der Waals surface area contributed by atoms with Crippen molar-refractivity contribution in [1.82, 2.24) is 24.0 Å². The minimum Gasteiger partial charge on any atom is -0.354 e. The number of aromatic nitrogens is 4. The standard InChI is InChI=1S/C17H23N5O3/c1-20-11-19-15-14(20)16(24)22(17(25)21(15)2)10-13(23)18-9-8-12-6-4-3-5-7-12/h6,11H,3-5,7-10H2,1-2H3,(H,18,23). The number of carbonyl (C=O) groups excluding carboxylic acids is 1. The lowest BCUT2D eigenvalue weighted by molar-refractivity contribution is -0.121. The minimum absolute atomic E-state index is 0.286. The van der Waals surface area contributed by atoms with Crippen molar-refractivity contribution in [2.45, 2.75) is 38.6 Å². The summed E-state index contributed by atoms with van der Waals surface area (Å²) in [5.41, 5.74) is 0.959. The van der Waals surface area contributed by atoms with Crippen LogP contribution in [0.3, 0.4) is 0 Å². The van der Waals surface area contributed by atoms with Crippen LogP contribution in [0.1, 0.15) is 32.1 Å². The number of hydrogen-bond acceptors (Lipinski definition) is 4. The van der Waals surface area contributed by atoms with Gasteiger partial charge < -0.3 is 9.88 Å². The summed E-state index contributed by atoms with van der Waals surface area (Å²) in [6.45, 7) is 0.235. The van der Waals surface area contributed by atoms with Crippen molar-refractivity contribution in [1.29, 1.82) is 0 Å². The largest absolute Gasteiger partial charge is 0.354 e. The summed E-state index contributed by atoms with van der Waals surface area (Å²) in [6, 6.07) is 0. The Morgan fingerprint density at radius 2 is 2.08 bits per heavy atom. The van der Waals surface area contributed by atoms with Crippen molar-refractivity contribution in [3.8, 4) is 0 Å². The van der Waals surface area contributed by atoms with Crippen LogP contribution in [-0.2, 0) is 25.4 Å². The Balaban J connectivity index is 1.73. The lowest BCUT2D eigenvalue weighted by Gasteiger charge is -2.13. The fraction of sp³-hybridized carbons (Fsp3) is 0.529. The zero-order valence-corrected chi connectivity index (χ0v) is 14.6. The zero-order valence-electron chi connectivity index (χ0n) is 14.6. The fourth-order valence-electron chi connectivity index (χ4n) is 3.23. The molecule has 0 saturated carbocycles. The summed E-state index contributed by atoms with van der Waals surface area (Å²) in [4.78, 5) is 41.1. The summed E-state index contributed by atoms with van der Waals surface area (Å²) in [5.74, 6) is -0.336. The molecule has 1 N–H and O–H groups in total. The van der Waals surface area contributed by atoms with E-state index in [-0.39, 0.29) is 12.5 Å². The molecule has 3 rings (SSSR count). The SMILES string of the molecule is Cn1cnc2c1c(=O)n(CC(=O)NCCC1=CCCCC1)c(=O)n2C. The molecular formula is C17H23N5O3. The van der Waals surface area contributed by atoms with Crippen LogP contribution in [0.2, 0.25) is 0 Å². The molecule has 134 valence electrons. The summed E-state index contributed by atoms with van der Waals surface area (Å²) in [7, 11) is 3.23. The average molecular weight is 345 g/mol. The summed E-state index contributed by atoms with van der Waals surface area (Å²) in [5, 5.41) is 2.80. The maximum Gasteiger partial charge on any atom is 0.332 e. The third kappa shape index (κ3) is 3.42. The Hall–Kier alpha value is -2.64. The van der Waals surface area contributed by atoms with E-state index in [2.05, 4.69) is 16.4 Å². The van der Waals surface area contributed by atoms with Crippen molar-refractivity contribution < 1.29 is 4.79 Å². The number of rotatable bonds is 5. The number of carbonyl (C=O) groups is 1. The van der Waals surface area contributed by atoms with E-state index in [1.165, 1.54) is 29.3 Å². The number of allylic oxidation sites excluding steroid dienone is 1. The molecule has 0 bridgehead atoms. The molecule has 2 heterocycles. The van der Waals surface area contributed by atoms with Gasteiger partial charge in [0.25, 0.3) is 5.56 Å². The third-order valence-electron chi connectivity index (χ3n) is 4.66. The normalized spacial score (nSPS) is 14.6. The zero-order chi connectivity index (χ0) is 18.0. The minimum atomic E-state index is -0.540. The van der Waals surface area contributed by atoms with Gasteiger partial charge in [0, 0.05) is 20.6 Å². The third-order valence-corrected chi connectivity index (χ3v) is 4.66. The molecule has 1 aliphatic carbocycles. The van der Waals surface area contributed by atoms with Crippen molar-refractivity contribution in [3.63, 3.8) is 0 Å². The van der Waals surface area contributed by atoms with Crippen molar-refractivity contribution in [2.75, 3.05) is 6.54 Å². The Kier molecular flexibility index (Phi) is 4.87. The van der Waals surface area contributed by atoms with Crippen LogP contribution in [0.5, 0.6) is 0 Å². The molecule has 0 unspecified atom stereocenters. The van der Waals surface area contributed by atoms with Crippen LogP contribution < -0.4 is 16.6 Å². The first kappa shape index (κ1) is 17.2. The lowest BCUT2D eigenvalue weighted by Crippen LogP contribution is -2.43. The highest BCUT2D eigenvalue weighted by Crippen LogP contribution is 2.19.